The maximum atomic E-state index is 11.4. The molecule has 5 nitrogen and oxygen atoms in total. The number of anilines is 1. The first kappa shape index (κ1) is 15.8. The quantitative estimate of drug-likeness (QED) is 0.604. The first-order valence-electron chi connectivity index (χ1n) is 6.64. The first-order valence-corrected chi connectivity index (χ1v) is 8.45. The van der Waals surface area contributed by atoms with Crippen LogP contribution in [0, 0.1) is 19.3 Å². The number of terminal acetylenes is 1. The third-order valence-electron chi connectivity index (χ3n) is 3.29. The largest absolute Gasteiger partial charge is 0.366 e. The Morgan fingerprint density at radius 3 is 2.48 bits per heavy atom. The van der Waals surface area contributed by atoms with Gasteiger partial charge >= 0.3 is 0 Å². The molecule has 1 saturated heterocycles. The van der Waals surface area contributed by atoms with E-state index in [1.165, 1.54) is 5.56 Å². The molecule has 6 heteroatoms. The summed E-state index contributed by atoms with van der Waals surface area (Å²) in [5, 5.41) is 0. The molecule has 1 aliphatic heterocycles. The van der Waals surface area contributed by atoms with Crippen molar-refractivity contribution in [3.8, 4) is 12.3 Å². The normalized spacial score (nSPS) is 22.2. The third-order valence-corrected chi connectivity index (χ3v) is 3.89. The van der Waals surface area contributed by atoms with Crippen molar-refractivity contribution in [3.63, 3.8) is 0 Å². The molecule has 21 heavy (non-hydrogen) atoms. The van der Waals surface area contributed by atoms with E-state index in [2.05, 4.69) is 5.92 Å². The van der Waals surface area contributed by atoms with Crippen LogP contribution in [-0.2, 0) is 19.0 Å². The van der Waals surface area contributed by atoms with Gasteiger partial charge in [0.15, 0.2) is 0 Å². The van der Waals surface area contributed by atoms with Crippen molar-refractivity contribution in [1.82, 2.24) is 0 Å². The minimum absolute atomic E-state index is 0.135. The fraction of sp³-hybridized carbons (Fsp3) is 0.467. The van der Waals surface area contributed by atoms with Crippen LogP contribution in [-0.4, -0.2) is 46.6 Å². The van der Waals surface area contributed by atoms with Gasteiger partial charge in [-0.05, 0) is 19.1 Å². The minimum Gasteiger partial charge on any atom is -0.366 e. The third kappa shape index (κ3) is 4.46. The van der Waals surface area contributed by atoms with E-state index in [1.807, 2.05) is 36.1 Å². The molecule has 1 aromatic carbocycles. The van der Waals surface area contributed by atoms with Crippen LogP contribution in [0.4, 0.5) is 5.69 Å². The Morgan fingerprint density at radius 1 is 1.29 bits per heavy atom. The Labute approximate surface area is 126 Å². The van der Waals surface area contributed by atoms with Gasteiger partial charge in [0.1, 0.15) is 18.8 Å². The van der Waals surface area contributed by atoms with Crippen molar-refractivity contribution in [2.24, 2.45) is 0 Å². The van der Waals surface area contributed by atoms with Gasteiger partial charge in [-0.2, -0.15) is 8.42 Å². The van der Waals surface area contributed by atoms with E-state index in [-0.39, 0.29) is 12.7 Å². The second kappa shape index (κ2) is 6.48. The predicted molar refractivity (Wildman–Crippen MR) is 81.7 cm³/mol. The predicted octanol–water partition coefficient (Wildman–Crippen LogP) is 1.18. The summed E-state index contributed by atoms with van der Waals surface area (Å²) >= 11 is 0. The van der Waals surface area contributed by atoms with Crippen molar-refractivity contribution >= 4 is 15.8 Å². The highest BCUT2D eigenvalue weighted by molar-refractivity contribution is 7.86. The number of ether oxygens (including phenoxy) is 1. The van der Waals surface area contributed by atoms with Crippen LogP contribution in [0.3, 0.4) is 0 Å². The zero-order chi connectivity index (χ0) is 15.5. The second-order valence-corrected chi connectivity index (χ2v) is 6.73. The number of rotatable bonds is 5. The number of hydrogen-bond donors (Lipinski definition) is 0. The SMILES string of the molecule is C#CCOC1CN(c2ccc(C)cc2)CC1OS(C)(=O)=O. The number of aryl methyl sites for hydroxylation is 1. The molecule has 0 spiro atoms. The lowest BCUT2D eigenvalue weighted by molar-refractivity contribution is 0.0221. The van der Waals surface area contributed by atoms with E-state index in [4.69, 9.17) is 15.3 Å². The summed E-state index contributed by atoms with van der Waals surface area (Å²) in [6.45, 7) is 3.15. The van der Waals surface area contributed by atoms with Crippen LogP contribution >= 0.6 is 0 Å². The molecule has 0 N–H and O–H groups in total. The number of benzene rings is 1. The van der Waals surface area contributed by atoms with Gasteiger partial charge in [-0.3, -0.25) is 4.18 Å². The first-order chi connectivity index (χ1) is 9.89. The minimum atomic E-state index is -3.54. The average Bonchev–Trinajstić information content (AvgIpc) is 2.78. The van der Waals surface area contributed by atoms with Gasteiger partial charge in [0, 0.05) is 18.8 Å². The smallest absolute Gasteiger partial charge is 0.264 e. The summed E-state index contributed by atoms with van der Waals surface area (Å²) in [6, 6.07) is 8.02. The van der Waals surface area contributed by atoms with Crippen LogP contribution in [0.15, 0.2) is 24.3 Å². The van der Waals surface area contributed by atoms with Crippen LogP contribution in [0.2, 0.25) is 0 Å². The van der Waals surface area contributed by atoms with Crippen LogP contribution in [0.25, 0.3) is 0 Å². The monoisotopic (exact) mass is 309 g/mol. The van der Waals surface area contributed by atoms with Crippen molar-refractivity contribution in [3.05, 3.63) is 29.8 Å². The lowest BCUT2D eigenvalue weighted by atomic mass is 10.2. The maximum Gasteiger partial charge on any atom is 0.264 e. The van der Waals surface area contributed by atoms with Crippen LogP contribution in [0.1, 0.15) is 5.56 Å². The molecule has 2 unspecified atom stereocenters. The standard InChI is InChI=1S/C15H19NO4S/c1-4-9-19-14-10-16(11-15(14)20-21(3,17)18)13-7-5-12(2)6-8-13/h1,5-8,14-15H,9-11H2,2-3H3. The Balaban J connectivity index is 2.13. The molecule has 0 saturated carbocycles. The Hall–Kier alpha value is -1.55. The molecule has 1 heterocycles. The molecule has 2 rings (SSSR count). The van der Waals surface area contributed by atoms with Gasteiger partial charge in [0.2, 0.25) is 0 Å². The van der Waals surface area contributed by atoms with Crippen LogP contribution < -0.4 is 4.90 Å². The Morgan fingerprint density at radius 2 is 1.90 bits per heavy atom. The molecular formula is C15H19NO4S. The Kier molecular flexibility index (Phi) is 4.88. The van der Waals surface area contributed by atoms with Crippen molar-refractivity contribution in [2.45, 2.75) is 19.1 Å². The van der Waals surface area contributed by atoms with Gasteiger partial charge in [0.05, 0.1) is 6.26 Å². The lowest BCUT2D eigenvalue weighted by Gasteiger charge is -2.18. The highest BCUT2D eigenvalue weighted by atomic mass is 32.2. The van der Waals surface area contributed by atoms with E-state index < -0.39 is 16.2 Å². The van der Waals surface area contributed by atoms with Gasteiger partial charge in [-0.25, -0.2) is 0 Å². The fourth-order valence-corrected chi connectivity index (χ4v) is 2.98. The molecule has 2 atom stereocenters. The molecular weight excluding hydrogens is 290 g/mol. The van der Waals surface area contributed by atoms with E-state index in [1.54, 1.807) is 0 Å². The maximum absolute atomic E-state index is 11.4. The van der Waals surface area contributed by atoms with Crippen molar-refractivity contribution < 1.29 is 17.3 Å². The molecule has 0 aliphatic carbocycles. The summed E-state index contributed by atoms with van der Waals surface area (Å²) in [5.74, 6) is 2.39. The summed E-state index contributed by atoms with van der Waals surface area (Å²) in [4.78, 5) is 2.04. The molecule has 0 bridgehead atoms. The van der Waals surface area contributed by atoms with Crippen molar-refractivity contribution in [2.75, 3.05) is 30.9 Å². The van der Waals surface area contributed by atoms with E-state index in [0.717, 1.165) is 11.9 Å². The molecule has 1 aromatic rings. The van der Waals surface area contributed by atoms with Gasteiger partial charge in [-0.15, -0.1) is 6.42 Å². The van der Waals surface area contributed by atoms with Crippen LogP contribution in [0.5, 0.6) is 0 Å². The molecule has 1 aliphatic rings. The zero-order valence-corrected chi connectivity index (χ0v) is 13.0. The van der Waals surface area contributed by atoms with E-state index >= 15 is 0 Å². The highest BCUT2D eigenvalue weighted by Crippen LogP contribution is 2.25. The Bertz CT molecular complexity index is 618. The van der Waals surface area contributed by atoms with E-state index in [0.29, 0.717) is 13.1 Å². The highest BCUT2D eigenvalue weighted by Gasteiger charge is 2.36. The van der Waals surface area contributed by atoms with Gasteiger partial charge < -0.3 is 9.64 Å². The second-order valence-electron chi connectivity index (χ2n) is 5.13. The van der Waals surface area contributed by atoms with E-state index in [9.17, 15) is 8.42 Å². The van der Waals surface area contributed by atoms with Crippen molar-refractivity contribution in [1.29, 1.82) is 0 Å². The topological polar surface area (TPSA) is 55.8 Å². The summed E-state index contributed by atoms with van der Waals surface area (Å²) in [5.41, 5.74) is 2.18. The zero-order valence-electron chi connectivity index (χ0n) is 12.2. The fourth-order valence-electron chi connectivity index (χ4n) is 2.34. The molecule has 0 radical (unpaired) electrons. The molecule has 114 valence electrons. The summed E-state index contributed by atoms with van der Waals surface area (Å²) < 4.78 is 33.4. The average molecular weight is 309 g/mol. The number of nitrogens with zero attached hydrogens (tertiary/aromatic N) is 1. The molecule has 0 aromatic heterocycles. The number of hydrogen-bond acceptors (Lipinski definition) is 5. The summed E-state index contributed by atoms with van der Waals surface area (Å²) in [7, 11) is -3.54. The van der Waals surface area contributed by atoms with Gasteiger partial charge in [0.25, 0.3) is 10.1 Å². The molecule has 0 amide bonds. The lowest BCUT2D eigenvalue weighted by Crippen LogP contribution is -2.32. The summed E-state index contributed by atoms with van der Waals surface area (Å²) in [6.07, 6.45) is 5.33. The van der Waals surface area contributed by atoms with Gasteiger partial charge in [-0.1, -0.05) is 23.6 Å². The molecule has 1 fully saturated rings.